The molecule has 3 aromatic rings. The average Bonchev–Trinajstić information content (AvgIpc) is 3.33. The van der Waals surface area contributed by atoms with Gasteiger partial charge in [0.15, 0.2) is 5.82 Å². The molecule has 4 rings (SSSR count). The van der Waals surface area contributed by atoms with E-state index in [1.807, 2.05) is 39.0 Å². The zero-order valence-electron chi connectivity index (χ0n) is 17.3. The average molecular weight is 481 g/mol. The first kappa shape index (κ1) is 21.1. The van der Waals surface area contributed by atoms with E-state index in [2.05, 4.69) is 21.1 Å². The molecule has 1 aliphatic heterocycles. The maximum atomic E-state index is 13.1. The molecule has 1 aromatic heterocycles. The van der Waals surface area contributed by atoms with Crippen molar-refractivity contribution in [3.8, 4) is 0 Å². The van der Waals surface area contributed by atoms with Gasteiger partial charge in [-0.25, -0.2) is 0 Å². The summed E-state index contributed by atoms with van der Waals surface area (Å²) < 4.78 is 6.32. The second-order valence-corrected chi connectivity index (χ2v) is 9.30. The SMILES string of the molecule is CC(C)(C)c1cc(N2C(=O)C(=O)/C(=C(/O)c3ccccc3)C2c2ccc(Br)cc2)no1. The molecule has 0 bridgehead atoms. The molecule has 6 nitrogen and oxygen atoms in total. The van der Waals surface area contributed by atoms with E-state index in [1.54, 1.807) is 42.5 Å². The zero-order valence-corrected chi connectivity index (χ0v) is 18.9. The second-order valence-electron chi connectivity index (χ2n) is 8.39. The second kappa shape index (κ2) is 7.81. The van der Waals surface area contributed by atoms with Gasteiger partial charge in [0, 0.05) is 21.5 Å². The fourth-order valence-corrected chi connectivity index (χ4v) is 3.78. The van der Waals surface area contributed by atoms with Crippen molar-refractivity contribution in [2.75, 3.05) is 4.90 Å². The van der Waals surface area contributed by atoms with Gasteiger partial charge in [0.1, 0.15) is 11.5 Å². The number of halogens is 1. The van der Waals surface area contributed by atoms with E-state index < -0.39 is 17.7 Å². The third kappa shape index (κ3) is 3.81. The minimum atomic E-state index is -0.841. The predicted octanol–water partition coefficient (Wildman–Crippen LogP) is 5.36. The summed E-state index contributed by atoms with van der Waals surface area (Å²) in [5, 5.41) is 15.1. The summed E-state index contributed by atoms with van der Waals surface area (Å²) in [5.41, 5.74) is 0.813. The number of aliphatic hydroxyl groups excluding tert-OH is 1. The third-order valence-electron chi connectivity index (χ3n) is 5.16. The van der Waals surface area contributed by atoms with Crippen molar-refractivity contribution in [3.05, 3.63) is 87.6 Å². The molecule has 2 heterocycles. The lowest BCUT2D eigenvalue weighted by atomic mass is 9.93. The highest BCUT2D eigenvalue weighted by Gasteiger charge is 2.48. The van der Waals surface area contributed by atoms with Gasteiger partial charge in [-0.1, -0.05) is 84.3 Å². The fraction of sp³-hybridized carbons (Fsp3) is 0.208. The summed E-state index contributed by atoms with van der Waals surface area (Å²) >= 11 is 3.41. The molecule has 1 N–H and O–H groups in total. The molecular formula is C24H21BrN2O4. The minimum Gasteiger partial charge on any atom is -0.507 e. The Hall–Kier alpha value is -3.19. The first-order valence-corrected chi connectivity index (χ1v) is 10.6. The number of hydrogen-bond donors (Lipinski definition) is 1. The molecule has 1 aliphatic rings. The Bertz CT molecular complexity index is 1170. The summed E-state index contributed by atoms with van der Waals surface area (Å²) in [6.45, 7) is 5.90. The molecule has 1 fully saturated rings. The smallest absolute Gasteiger partial charge is 0.301 e. The van der Waals surface area contributed by atoms with E-state index in [9.17, 15) is 14.7 Å². The summed E-state index contributed by atoms with van der Waals surface area (Å²) in [4.78, 5) is 27.5. The molecule has 1 saturated heterocycles. The summed E-state index contributed by atoms with van der Waals surface area (Å²) in [5.74, 6) is -0.947. The number of carbonyl (C=O) groups excluding carboxylic acids is 2. The van der Waals surface area contributed by atoms with Gasteiger partial charge < -0.3 is 9.63 Å². The predicted molar refractivity (Wildman–Crippen MR) is 121 cm³/mol. The molecule has 1 atom stereocenters. The molecule has 158 valence electrons. The topological polar surface area (TPSA) is 83.6 Å². The Morgan fingerprint density at radius 3 is 2.29 bits per heavy atom. The van der Waals surface area contributed by atoms with E-state index >= 15 is 0 Å². The largest absolute Gasteiger partial charge is 0.507 e. The van der Waals surface area contributed by atoms with E-state index in [0.29, 0.717) is 16.9 Å². The number of amides is 1. The number of hydrogen-bond acceptors (Lipinski definition) is 5. The fourth-order valence-electron chi connectivity index (χ4n) is 3.51. The number of rotatable bonds is 3. The number of ketones is 1. The van der Waals surface area contributed by atoms with Crippen LogP contribution < -0.4 is 4.90 Å². The van der Waals surface area contributed by atoms with Gasteiger partial charge in [-0.05, 0) is 17.7 Å². The first-order chi connectivity index (χ1) is 14.7. The molecule has 0 aliphatic carbocycles. The Kier molecular flexibility index (Phi) is 5.31. The van der Waals surface area contributed by atoms with Crippen molar-refractivity contribution in [2.45, 2.75) is 32.2 Å². The van der Waals surface area contributed by atoms with Crippen molar-refractivity contribution in [2.24, 2.45) is 0 Å². The highest BCUT2D eigenvalue weighted by Crippen LogP contribution is 2.42. The Morgan fingerprint density at radius 1 is 1.06 bits per heavy atom. The summed E-state index contributed by atoms with van der Waals surface area (Å²) in [6, 6.07) is 16.8. The lowest BCUT2D eigenvalue weighted by Crippen LogP contribution is -2.29. The van der Waals surface area contributed by atoms with E-state index in [-0.39, 0.29) is 22.6 Å². The van der Waals surface area contributed by atoms with E-state index in [1.165, 1.54) is 4.90 Å². The van der Waals surface area contributed by atoms with Crippen LogP contribution >= 0.6 is 15.9 Å². The van der Waals surface area contributed by atoms with Crippen LogP contribution in [0, 0.1) is 0 Å². The van der Waals surface area contributed by atoms with Crippen LogP contribution in [0.15, 0.2) is 75.2 Å². The summed E-state index contributed by atoms with van der Waals surface area (Å²) in [6.07, 6.45) is 0. The lowest BCUT2D eigenvalue weighted by Gasteiger charge is -2.23. The molecule has 31 heavy (non-hydrogen) atoms. The quantitative estimate of drug-likeness (QED) is 0.309. The standard InChI is InChI=1S/C24H21BrN2O4/c1-24(2,3)17-13-18(26-31-17)27-20(14-9-11-16(25)12-10-14)19(22(29)23(27)30)21(28)15-7-5-4-6-8-15/h4-13,20,28H,1-3H3/b21-19+. The Balaban J connectivity index is 1.92. The first-order valence-electron chi connectivity index (χ1n) is 9.77. The molecule has 0 radical (unpaired) electrons. The number of aromatic nitrogens is 1. The van der Waals surface area contributed by atoms with Crippen LogP contribution in [0.3, 0.4) is 0 Å². The van der Waals surface area contributed by atoms with Crippen molar-refractivity contribution < 1.29 is 19.2 Å². The maximum absolute atomic E-state index is 13.1. The molecule has 7 heteroatoms. The highest BCUT2D eigenvalue weighted by atomic mass is 79.9. The number of anilines is 1. The van der Waals surface area contributed by atoms with Crippen LogP contribution in [0.4, 0.5) is 5.82 Å². The number of aliphatic hydroxyl groups is 1. The number of carbonyl (C=O) groups is 2. The zero-order chi connectivity index (χ0) is 22.3. The number of Topliss-reactive ketones (excluding diaryl/α,β-unsaturated/α-hetero) is 1. The molecule has 0 spiro atoms. The minimum absolute atomic E-state index is 0.0128. The Labute approximate surface area is 188 Å². The van der Waals surface area contributed by atoms with Crippen LogP contribution in [-0.2, 0) is 15.0 Å². The van der Waals surface area contributed by atoms with Crippen molar-refractivity contribution in [1.82, 2.24) is 5.16 Å². The summed E-state index contributed by atoms with van der Waals surface area (Å²) in [7, 11) is 0. The van der Waals surface area contributed by atoms with E-state index in [0.717, 1.165) is 4.47 Å². The van der Waals surface area contributed by atoms with Gasteiger partial charge in [-0.2, -0.15) is 0 Å². The normalized spacial score (nSPS) is 18.6. The molecule has 1 unspecified atom stereocenters. The van der Waals surface area contributed by atoms with E-state index in [4.69, 9.17) is 4.52 Å². The molecular weight excluding hydrogens is 460 g/mol. The van der Waals surface area contributed by atoms with Crippen LogP contribution in [-0.4, -0.2) is 22.0 Å². The van der Waals surface area contributed by atoms with Crippen molar-refractivity contribution in [1.29, 1.82) is 0 Å². The van der Waals surface area contributed by atoms with Crippen molar-refractivity contribution in [3.63, 3.8) is 0 Å². The van der Waals surface area contributed by atoms with Crippen molar-refractivity contribution >= 4 is 39.2 Å². The monoisotopic (exact) mass is 480 g/mol. The van der Waals surface area contributed by atoms with Gasteiger partial charge in [-0.3, -0.25) is 14.5 Å². The van der Waals surface area contributed by atoms with Gasteiger partial charge in [0.25, 0.3) is 5.78 Å². The van der Waals surface area contributed by atoms with Gasteiger partial charge in [-0.15, -0.1) is 0 Å². The maximum Gasteiger partial charge on any atom is 0.301 e. The number of benzene rings is 2. The number of nitrogens with zero attached hydrogens (tertiary/aromatic N) is 2. The van der Waals surface area contributed by atoms with Crippen LogP contribution in [0.25, 0.3) is 5.76 Å². The van der Waals surface area contributed by atoms with Gasteiger partial charge in [0.2, 0.25) is 0 Å². The van der Waals surface area contributed by atoms with Gasteiger partial charge >= 0.3 is 5.91 Å². The Morgan fingerprint density at radius 2 is 1.71 bits per heavy atom. The van der Waals surface area contributed by atoms with Crippen LogP contribution in [0.5, 0.6) is 0 Å². The highest BCUT2D eigenvalue weighted by molar-refractivity contribution is 9.10. The van der Waals surface area contributed by atoms with Gasteiger partial charge in [0.05, 0.1) is 11.6 Å². The molecule has 2 aromatic carbocycles. The lowest BCUT2D eigenvalue weighted by molar-refractivity contribution is -0.132. The third-order valence-corrected chi connectivity index (χ3v) is 5.69. The van der Waals surface area contributed by atoms with Crippen LogP contribution in [0.1, 0.15) is 43.7 Å². The van der Waals surface area contributed by atoms with Crippen LogP contribution in [0.2, 0.25) is 0 Å². The molecule has 0 saturated carbocycles. The molecule has 1 amide bonds.